The van der Waals surface area contributed by atoms with Gasteiger partial charge in [-0.2, -0.15) is 16.9 Å². The van der Waals surface area contributed by atoms with Crippen LogP contribution in [0, 0.1) is 17.5 Å². The Balaban J connectivity index is 1.50. The van der Waals surface area contributed by atoms with Crippen molar-refractivity contribution in [1.29, 1.82) is 0 Å². The highest BCUT2D eigenvalue weighted by molar-refractivity contribution is 7.99. The molecule has 0 saturated carbocycles. The van der Waals surface area contributed by atoms with E-state index in [4.69, 9.17) is 0 Å². The lowest BCUT2D eigenvalue weighted by molar-refractivity contribution is 0.0755. The highest BCUT2D eigenvalue weighted by atomic mass is 32.2. The zero-order chi connectivity index (χ0) is 21.3. The van der Waals surface area contributed by atoms with Gasteiger partial charge in [-0.3, -0.25) is 9.48 Å². The first-order chi connectivity index (χ1) is 14.4. The van der Waals surface area contributed by atoms with E-state index in [1.165, 1.54) is 34.6 Å². The van der Waals surface area contributed by atoms with E-state index in [2.05, 4.69) is 5.10 Å². The number of halogens is 3. The number of carbonyl (C=O) groups excluding carboxylic acids is 1. The lowest BCUT2D eigenvalue weighted by atomic mass is 10.1. The first kappa shape index (κ1) is 20.5. The smallest absolute Gasteiger partial charge is 0.272 e. The lowest BCUT2D eigenvalue weighted by Crippen LogP contribution is -2.34. The minimum absolute atomic E-state index is 0.167. The number of hydrogen-bond donors (Lipinski definition) is 0. The van der Waals surface area contributed by atoms with E-state index in [0.717, 1.165) is 17.7 Å². The Hall–Kier alpha value is -2.74. The monoisotopic (exact) mass is 431 g/mol. The van der Waals surface area contributed by atoms with Crippen LogP contribution in [0.15, 0.2) is 48.5 Å². The Morgan fingerprint density at radius 1 is 1.03 bits per heavy atom. The topological polar surface area (TPSA) is 38.1 Å². The minimum atomic E-state index is -0.465. The van der Waals surface area contributed by atoms with Crippen LogP contribution in [-0.2, 0) is 7.05 Å². The Morgan fingerprint density at radius 3 is 2.53 bits per heavy atom. The molecule has 1 aliphatic rings. The molecule has 1 fully saturated rings. The molecule has 8 heteroatoms. The zero-order valence-electron chi connectivity index (χ0n) is 16.3. The van der Waals surface area contributed by atoms with Gasteiger partial charge in [0.05, 0.1) is 5.69 Å². The number of carbonyl (C=O) groups is 1. The Labute approximate surface area is 176 Å². The van der Waals surface area contributed by atoms with E-state index in [1.54, 1.807) is 30.1 Å². The number of rotatable bonds is 3. The third kappa shape index (κ3) is 4.23. The maximum atomic E-state index is 14.2. The van der Waals surface area contributed by atoms with Crippen molar-refractivity contribution in [3.63, 3.8) is 0 Å². The van der Waals surface area contributed by atoms with Crippen molar-refractivity contribution in [2.75, 3.05) is 18.8 Å². The molecule has 1 aromatic heterocycles. The standard InChI is InChI=1S/C22H20F3N3OS/c1-27-20(13-19(26-27)14-2-4-15(23)5-3-14)22(29)28-9-8-21(30-11-10-28)17-12-16(24)6-7-18(17)25/h2-7,12-13,21H,8-11H2,1H3. The minimum Gasteiger partial charge on any atom is -0.336 e. The molecule has 1 aliphatic heterocycles. The second kappa shape index (κ2) is 8.55. The summed E-state index contributed by atoms with van der Waals surface area (Å²) in [6.45, 7) is 0.942. The number of benzene rings is 2. The van der Waals surface area contributed by atoms with Crippen molar-refractivity contribution in [1.82, 2.24) is 14.7 Å². The van der Waals surface area contributed by atoms with Crippen molar-refractivity contribution in [3.05, 3.63) is 77.2 Å². The number of amides is 1. The molecular formula is C22H20F3N3OS. The Kier molecular flexibility index (Phi) is 5.85. The summed E-state index contributed by atoms with van der Waals surface area (Å²) >= 11 is 1.53. The van der Waals surface area contributed by atoms with Crippen molar-refractivity contribution < 1.29 is 18.0 Å². The van der Waals surface area contributed by atoms with Gasteiger partial charge in [-0.25, -0.2) is 13.2 Å². The summed E-state index contributed by atoms with van der Waals surface area (Å²) in [5.74, 6) is -0.775. The van der Waals surface area contributed by atoms with E-state index in [0.29, 0.717) is 42.2 Å². The van der Waals surface area contributed by atoms with Crippen molar-refractivity contribution in [2.24, 2.45) is 7.05 Å². The molecule has 2 heterocycles. The molecule has 2 aromatic carbocycles. The zero-order valence-corrected chi connectivity index (χ0v) is 17.1. The van der Waals surface area contributed by atoms with Crippen molar-refractivity contribution in [2.45, 2.75) is 11.7 Å². The molecule has 1 unspecified atom stereocenters. The van der Waals surface area contributed by atoms with Crippen LogP contribution in [-0.4, -0.2) is 39.4 Å². The molecule has 0 N–H and O–H groups in total. The molecule has 3 aromatic rings. The van der Waals surface area contributed by atoms with Crippen molar-refractivity contribution >= 4 is 17.7 Å². The van der Waals surface area contributed by atoms with Crippen LogP contribution >= 0.6 is 11.8 Å². The number of thioether (sulfide) groups is 1. The van der Waals surface area contributed by atoms with Crippen LogP contribution in [0.3, 0.4) is 0 Å². The summed E-state index contributed by atoms with van der Waals surface area (Å²) < 4.78 is 42.4. The van der Waals surface area contributed by atoms with Gasteiger partial charge < -0.3 is 4.90 Å². The van der Waals surface area contributed by atoms with Gasteiger partial charge in [0.25, 0.3) is 5.91 Å². The summed E-state index contributed by atoms with van der Waals surface area (Å²) in [6.07, 6.45) is 0.527. The van der Waals surface area contributed by atoms with Gasteiger partial charge in [0, 0.05) is 42.3 Å². The van der Waals surface area contributed by atoms with Crippen LogP contribution < -0.4 is 0 Å². The average molecular weight is 431 g/mol. The van der Waals surface area contributed by atoms with E-state index < -0.39 is 11.6 Å². The largest absolute Gasteiger partial charge is 0.336 e. The fraction of sp³-hybridized carbons (Fsp3) is 0.273. The van der Waals surface area contributed by atoms with Gasteiger partial charge in [-0.1, -0.05) is 0 Å². The lowest BCUT2D eigenvalue weighted by Gasteiger charge is -2.20. The number of aryl methyl sites for hydroxylation is 1. The average Bonchev–Trinajstić information content (AvgIpc) is 2.96. The first-order valence-corrected chi connectivity index (χ1v) is 10.6. The van der Waals surface area contributed by atoms with E-state index in [-0.39, 0.29) is 17.0 Å². The summed E-state index contributed by atoms with van der Waals surface area (Å²) in [6, 6.07) is 11.1. The van der Waals surface area contributed by atoms with Crippen LogP contribution in [0.5, 0.6) is 0 Å². The van der Waals surface area contributed by atoms with Gasteiger partial charge in [0.2, 0.25) is 0 Å². The van der Waals surface area contributed by atoms with Crippen LogP contribution in [0.2, 0.25) is 0 Å². The molecule has 0 spiro atoms. The predicted molar refractivity (Wildman–Crippen MR) is 111 cm³/mol. The summed E-state index contributed by atoms with van der Waals surface area (Å²) in [4.78, 5) is 14.8. The third-order valence-corrected chi connectivity index (χ3v) is 6.48. The molecule has 4 nitrogen and oxygen atoms in total. The van der Waals surface area contributed by atoms with Crippen LogP contribution in [0.1, 0.15) is 27.7 Å². The maximum Gasteiger partial charge on any atom is 0.272 e. The summed E-state index contributed by atoms with van der Waals surface area (Å²) in [7, 11) is 1.69. The molecule has 1 amide bonds. The first-order valence-electron chi connectivity index (χ1n) is 9.58. The van der Waals surface area contributed by atoms with Gasteiger partial charge in [-0.05, 0) is 55.0 Å². The Bertz CT molecular complexity index is 1070. The number of aromatic nitrogens is 2. The van der Waals surface area contributed by atoms with Crippen LogP contribution in [0.25, 0.3) is 11.3 Å². The summed E-state index contributed by atoms with van der Waals surface area (Å²) in [5, 5.41) is 4.18. The fourth-order valence-corrected chi connectivity index (χ4v) is 4.82. The van der Waals surface area contributed by atoms with Gasteiger partial charge >= 0.3 is 0 Å². The van der Waals surface area contributed by atoms with E-state index in [9.17, 15) is 18.0 Å². The van der Waals surface area contributed by atoms with Gasteiger partial charge in [0.1, 0.15) is 23.1 Å². The molecule has 0 bridgehead atoms. The normalized spacial score (nSPS) is 17.1. The predicted octanol–water partition coefficient (Wildman–Crippen LogP) is 4.82. The highest BCUT2D eigenvalue weighted by Gasteiger charge is 2.26. The second-order valence-electron chi connectivity index (χ2n) is 7.15. The Morgan fingerprint density at radius 2 is 1.77 bits per heavy atom. The quantitative estimate of drug-likeness (QED) is 0.597. The molecular weight excluding hydrogens is 411 g/mol. The van der Waals surface area contributed by atoms with Gasteiger partial charge in [-0.15, -0.1) is 0 Å². The molecule has 1 atom stereocenters. The third-order valence-electron chi connectivity index (χ3n) is 5.17. The number of hydrogen-bond acceptors (Lipinski definition) is 3. The van der Waals surface area contributed by atoms with Crippen molar-refractivity contribution in [3.8, 4) is 11.3 Å². The molecule has 1 saturated heterocycles. The number of nitrogens with zero attached hydrogens (tertiary/aromatic N) is 3. The molecule has 156 valence electrons. The van der Waals surface area contributed by atoms with E-state index in [1.807, 2.05) is 0 Å². The maximum absolute atomic E-state index is 14.2. The molecule has 0 aliphatic carbocycles. The van der Waals surface area contributed by atoms with Gasteiger partial charge in [0.15, 0.2) is 0 Å². The SMILES string of the molecule is Cn1nc(-c2ccc(F)cc2)cc1C(=O)N1CCSC(c2cc(F)ccc2F)CC1. The summed E-state index contributed by atoms with van der Waals surface area (Å²) in [5.41, 5.74) is 2.08. The fourth-order valence-electron chi connectivity index (χ4n) is 3.57. The molecule has 0 radical (unpaired) electrons. The molecule has 4 rings (SSSR count). The van der Waals surface area contributed by atoms with E-state index >= 15 is 0 Å². The second-order valence-corrected chi connectivity index (χ2v) is 8.46. The highest BCUT2D eigenvalue weighted by Crippen LogP contribution is 2.36. The van der Waals surface area contributed by atoms with Crippen LogP contribution in [0.4, 0.5) is 13.2 Å². The molecule has 30 heavy (non-hydrogen) atoms.